The third kappa shape index (κ3) is 3.09. The van der Waals surface area contributed by atoms with E-state index in [1.54, 1.807) is 7.05 Å². The van der Waals surface area contributed by atoms with Crippen LogP contribution in [0.4, 0.5) is 4.79 Å². The van der Waals surface area contributed by atoms with Crippen LogP contribution in [0.5, 0.6) is 0 Å². The van der Waals surface area contributed by atoms with Gasteiger partial charge in [0.15, 0.2) is 0 Å². The molecule has 0 radical (unpaired) electrons. The molecule has 1 aromatic rings. The van der Waals surface area contributed by atoms with E-state index in [1.165, 1.54) is 11.1 Å². The van der Waals surface area contributed by atoms with Gasteiger partial charge in [-0.1, -0.05) is 29.3 Å². The van der Waals surface area contributed by atoms with E-state index >= 15 is 0 Å². The van der Waals surface area contributed by atoms with Gasteiger partial charge >= 0.3 is 6.09 Å². The molecule has 0 saturated carbocycles. The molecule has 0 aliphatic rings. The Hall–Kier alpha value is -1.51. The van der Waals surface area contributed by atoms with Crippen LogP contribution >= 0.6 is 0 Å². The van der Waals surface area contributed by atoms with Crippen molar-refractivity contribution < 1.29 is 9.53 Å². The largest absolute Gasteiger partial charge is 0.445 e. The predicted octanol–water partition coefficient (Wildman–Crippen LogP) is 2.16. The Labute approximate surface area is 84.1 Å². The van der Waals surface area contributed by atoms with Gasteiger partial charge in [-0.2, -0.15) is 0 Å². The molecule has 0 heterocycles. The topological polar surface area (TPSA) is 38.3 Å². The highest BCUT2D eigenvalue weighted by Crippen LogP contribution is 2.09. The molecular formula is C11H15NO2. The van der Waals surface area contributed by atoms with Crippen molar-refractivity contribution in [2.45, 2.75) is 20.5 Å². The average Bonchev–Trinajstić information content (AvgIpc) is 2.12. The van der Waals surface area contributed by atoms with E-state index in [1.807, 2.05) is 26.0 Å². The van der Waals surface area contributed by atoms with Crippen molar-refractivity contribution in [3.8, 4) is 0 Å². The van der Waals surface area contributed by atoms with E-state index in [4.69, 9.17) is 4.74 Å². The maximum atomic E-state index is 10.8. The number of rotatable bonds is 2. The first-order valence-electron chi connectivity index (χ1n) is 4.53. The monoisotopic (exact) mass is 193 g/mol. The Bertz CT molecular complexity index is 314. The zero-order chi connectivity index (χ0) is 10.6. The molecule has 0 spiro atoms. The number of ether oxygens (including phenoxy) is 1. The van der Waals surface area contributed by atoms with Crippen LogP contribution in [0.15, 0.2) is 18.2 Å². The lowest BCUT2D eigenvalue weighted by molar-refractivity contribution is 0.142. The first-order chi connectivity index (χ1) is 6.61. The summed E-state index contributed by atoms with van der Waals surface area (Å²) in [4.78, 5) is 10.8. The number of hydrogen-bond acceptors (Lipinski definition) is 2. The average molecular weight is 193 g/mol. The van der Waals surface area contributed by atoms with Crippen LogP contribution in [-0.2, 0) is 11.3 Å². The zero-order valence-electron chi connectivity index (χ0n) is 8.76. The predicted molar refractivity (Wildman–Crippen MR) is 55.2 cm³/mol. The molecule has 1 rings (SSSR count). The Morgan fingerprint density at radius 1 is 1.29 bits per heavy atom. The molecule has 0 aromatic heterocycles. The van der Waals surface area contributed by atoms with Crippen LogP contribution in [0.2, 0.25) is 0 Å². The summed E-state index contributed by atoms with van der Waals surface area (Å²) in [5.74, 6) is 0. The summed E-state index contributed by atoms with van der Waals surface area (Å²) >= 11 is 0. The molecule has 1 N–H and O–H groups in total. The number of amides is 1. The normalized spacial score (nSPS) is 9.64. The Kier molecular flexibility index (Phi) is 3.51. The number of benzene rings is 1. The molecule has 3 nitrogen and oxygen atoms in total. The summed E-state index contributed by atoms with van der Waals surface area (Å²) in [5.41, 5.74) is 3.38. The summed E-state index contributed by atoms with van der Waals surface area (Å²) < 4.78 is 4.94. The molecule has 0 atom stereocenters. The fourth-order valence-electron chi connectivity index (χ4n) is 1.37. The Morgan fingerprint density at radius 2 is 1.86 bits per heavy atom. The van der Waals surface area contributed by atoms with Gasteiger partial charge in [-0.15, -0.1) is 0 Å². The van der Waals surface area contributed by atoms with Gasteiger partial charge in [-0.3, -0.25) is 0 Å². The first kappa shape index (κ1) is 10.6. The van der Waals surface area contributed by atoms with E-state index < -0.39 is 6.09 Å². The van der Waals surface area contributed by atoms with Crippen molar-refractivity contribution in [3.63, 3.8) is 0 Å². The lowest BCUT2D eigenvalue weighted by Gasteiger charge is -2.06. The molecule has 0 bridgehead atoms. The van der Waals surface area contributed by atoms with Gasteiger partial charge in [0.2, 0.25) is 0 Å². The molecule has 1 amide bonds. The van der Waals surface area contributed by atoms with Crippen LogP contribution < -0.4 is 5.32 Å². The van der Waals surface area contributed by atoms with Crippen molar-refractivity contribution in [3.05, 3.63) is 34.9 Å². The van der Waals surface area contributed by atoms with Crippen LogP contribution in [0, 0.1) is 13.8 Å². The second kappa shape index (κ2) is 4.65. The number of nitrogens with one attached hydrogen (secondary N) is 1. The molecule has 14 heavy (non-hydrogen) atoms. The summed E-state index contributed by atoms with van der Waals surface area (Å²) in [6.45, 7) is 4.37. The third-order valence-corrected chi connectivity index (χ3v) is 1.86. The lowest BCUT2D eigenvalue weighted by atomic mass is 10.1. The van der Waals surface area contributed by atoms with Gasteiger partial charge in [-0.25, -0.2) is 4.79 Å². The molecule has 0 fully saturated rings. The molecule has 76 valence electrons. The Morgan fingerprint density at radius 3 is 2.36 bits per heavy atom. The molecule has 3 heteroatoms. The van der Waals surface area contributed by atoms with Crippen molar-refractivity contribution in [2.75, 3.05) is 7.05 Å². The van der Waals surface area contributed by atoms with E-state index in [-0.39, 0.29) is 0 Å². The van der Waals surface area contributed by atoms with Crippen molar-refractivity contribution in [1.29, 1.82) is 0 Å². The number of alkyl carbamates (subject to hydrolysis) is 1. The summed E-state index contributed by atoms with van der Waals surface area (Å²) in [7, 11) is 1.55. The first-order valence-corrected chi connectivity index (χ1v) is 4.53. The van der Waals surface area contributed by atoms with E-state index in [0.29, 0.717) is 6.61 Å². The number of hydrogen-bond donors (Lipinski definition) is 1. The SMILES string of the molecule is CNC(=O)OCc1cc(C)cc(C)c1. The summed E-state index contributed by atoms with van der Waals surface area (Å²) in [5, 5.41) is 2.40. The van der Waals surface area contributed by atoms with Crippen LogP contribution in [-0.4, -0.2) is 13.1 Å². The number of carbonyl (C=O) groups is 1. The highest BCUT2D eigenvalue weighted by atomic mass is 16.5. The minimum atomic E-state index is -0.399. The van der Waals surface area contributed by atoms with Gasteiger partial charge in [-0.05, 0) is 19.4 Å². The summed E-state index contributed by atoms with van der Waals surface area (Å²) in [6.07, 6.45) is -0.399. The molecular weight excluding hydrogens is 178 g/mol. The molecule has 0 saturated heterocycles. The van der Waals surface area contributed by atoms with Gasteiger partial charge < -0.3 is 10.1 Å². The van der Waals surface area contributed by atoms with E-state index in [0.717, 1.165) is 5.56 Å². The number of carbonyl (C=O) groups excluding carboxylic acids is 1. The van der Waals surface area contributed by atoms with Gasteiger partial charge in [0.25, 0.3) is 0 Å². The molecule has 0 aliphatic heterocycles. The van der Waals surface area contributed by atoms with Gasteiger partial charge in [0.1, 0.15) is 6.61 Å². The van der Waals surface area contributed by atoms with Gasteiger partial charge in [0, 0.05) is 7.05 Å². The maximum Gasteiger partial charge on any atom is 0.407 e. The molecule has 0 aliphatic carbocycles. The van der Waals surface area contributed by atoms with Crippen LogP contribution in [0.3, 0.4) is 0 Å². The summed E-state index contributed by atoms with van der Waals surface area (Å²) in [6, 6.07) is 6.11. The second-order valence-corrected chi connectivity index (χ2v) is 3.32. The minimum Gasteiger partial charge on any atom is -0.445 e. The second-order valence-electron chi connectivity index (χ2n) is 3.32. The van der Waals surface area contributed by atoms with Crippen molar-refractivity contribution in [1.82, 2.24) is 5.32 Å². The van der Waals surface area contributed by atoms with Crippen molar-refractivity contribution >= 4 is 6.09 Å². The van der Waals surface area contributed by atoms with Crippen LogP contribution in [0.1, 0.15) is 16.7 Å². The van der Waals surface area contributed by atoms with Crippen LogP contribution in [0.25, 0.3) is 0 Å². The standard InChI is InChI=1S/C11H15NO2/c1-8-4-9(2)6-10(5-8)7-14-11(13)12-3/h4-6H,7H2,1-3H3,(H,12,13). The van der Waals surface area contributed by atoms with E-state index in [2.05, 4.69) is 11.4 Å². The smallest absolute Gasteiger partial charge is 0.407 e. The van der Waals surface area contributed by atoms with E-state index in [9.17, 15) is 4.79 Å². The minimum absolute atomic E-state index is 0.322. The zero-order valence-corrected chi connectivity index (χ0v) is 8.76. The van der Waals surface area contributed by atoms with Gasteiger partial charge in [0.05, 0.1) is 0 Å². The maximum absolute atomic E-state index is 10.8. The molecule has 1 aromatic carbocycles. The highest BCUT2D eigenvalue weighted by molar-refractivity contribution is 5.66. The number of aryl methyl sites for hydroxylation is 2. The molecule has 0 unspecified atom stereocenters. The lowest BCUT2D eigenvalue weighted by Crippen LogP contribution is -2.18. The van der Waals surface area contributed by atoms with Crippen molar-refractivity contribution in [2.24, 2.45) is 0 Å². The highest BCUT2D eigenvalue weighted by Gasteiger charge is 2.00. The quantitative estimate of drug-likeness (QED) is 0.781. The fourth-order valence-corrected chi connectivity index (χ4v) is 1.37. The third-order valence-electron chi connectivity index (χ3n) is 1.86. The Balaban J connectivity index is 2.63. The fraction of sp³-hybridized carbons (Fsp3) is 0.364.